The molecule has 0 spiro atoms. The van der Waals surface area contributed by atoms with Crippen LogP contribution in [0.1, 0.15) is 0 Å². The van der Waals surface area contributed by atoms with Crippen molar-refractivity contribution in [3.63, 3.8) is 0 Å². The maximum Gasteiger partial charge on any atom is 0.406 e. The van der Waals surface area contributed by atoms with Crippen molar-refractivity contribution in [3.05, 3.63) is 46.7 Å². The molecule has 0 aliphatic carbocycles. The third-order valence-corrected chi connectivity index (χ3v) is 4.29. The fourth-order valence-electron chi connectivity index (χ4n) is 2.57. The van der Waals surface area contributed by atoms with Crippen LogP contribution in [0.5, 0.6) is 5.75 Å². The summed E-state index contributed by atoms with van der Waals surface area (Å²) in [7, 11) is 3.29. The Morgan fingerprint density at radius 2 is 2.08 bits per heavy atom. The highest BCUT2D eigenvalue weighted by molar-refractivity contribution is 9.10. The average Bonchev–Trinajstić information content (AvgIpc) is 2.94. The number of ether oxygens (including phenoxy) is 2. The Morgan fingerprint density at radius 1 is 1.27 bits per heavy atom. The van der Waals surface area contributed by atoms with Gasteiger partial charge in [-0.3, -0.25) is 4.68 Å². The van der Waals surface area contributed by atoms with Crippen LogP contribution in [-0.2, 0) is 11.8 Å². The van der Waals surface area contributed by atoms with Crippen molar-refractivity contribution in [1.82, 2.24) is 15.1 Å². The van der Waals surface area contributed by atoms with Crippen LogP contribution >= 0.6 is 15.9 Å². The van der Waals surface area contributed by atoms with E-state index < -0.39 is 11.9 Å². The third-order valence-electron chi connectivity index (χ3n) is 3.80. The molecule has 0 saturated carbocycles. The highest BCUT2D eigenvalue weighted by Gasteiger charge is 2.15. The van der Waals surface area contributed by atoms with Gasteiger partial charge in [-0.1, -0.05) is 15.9 Å². The highest BCUT2D eigenvalue weighted by Crippen LogP contribution is 2.32. The molecule has 0 aliphatic rings. The molecule has 136 valence electrons. The number of carbonyl (C=O) groups excluding carboxylic acids is 1. The molecule has 8 heteroatoms. The molecule has 26 heavy (non-hydrogen) atoms. The molecule has 1 N–H and O–H groups in total. The van der Waals surface area contributed by atoms with E-state index in [1.807, 2.05) is 25.2 Å². The number of alkyl carbamates (subject to hydrolysis) is 1. The van der Waals surface area contributed by atoms with E-state index in [1.165, 1.54) is 13.1 Å². The second-order valence-corrected chi connectivity index (χ2v) is 6.43. The van der Waals surface area contributed by atoms with Crippen molar-refractivity contribution < 1.29 is 18.7 Å². The quantitative estimate of drug-likeness (QED) is 0.634. The Bertz CT molecular complexity index is 958. The minimum Gasteiger partial charge on any atom is -0.490 e. The number of aryl methyl sites for hydroxylation is 1. The Kier molecular flexibility index (Phi) is 5.41. The zero-order chi connectivity index (χ0) is 18.7. The summed E-state index contributed by atoms with van der Waals surface area (Å²) in [5, 5.41) is 7.64. The number of hydrogen-bond donors (Lipinski definition) is 1. The number of fused-ring (bicyclic) bond motifs is 1. The number of carbonyl (C=O) groups is 1. The molecule has 0 aliphatic heterocycles. The molecule has 1 amide bonds. The average molecular weight is 422 g/mol. The summed E-state index contributed by atoms with van der Waals surface area (Å²) < 4.78 is 27.5. The van der Waals surface area contributed by atoms with Gasteiger partial charge in [-0.15, -0.1) is 0 Å². The first kappa shape index (κ1) is 18.2. The summed E-state index contributed by atoms with van der Waals surface area (Å²) in [5.41, 5.74) is 1.87. The van der Waals surface area contributed by atoms with Gasteiger partial charge in [-0.25, -0.2) is 9.18 Å². The van der Waals surface area contributed by atoms with Crippen molar-refractivity contribution in [2.45, 2.75) is 0 Å². The Balaban J connectivity index is 1.79. The van der Waals surface area contributed by atoms with Gasteiger partial charge in [0.15, 0.2) is 0 Å². The number of benzene rings is 2. The zero-order valence-electron chi connectivity index (χ0n) is 14.3. The van der Waals surface area contributed by atoms with Crippen LogP contribution < -0.4 is 10.1 Å². The maximum absolute atomic E-state index is 14.6. The molecular weight excluding hydrogens is 405 g/mol. The van der Waals surface area contributed by atoms with Gasteiger partial charge in [0, 0.05) is 35.6 Å². The van der Waals surface area contributed by atoms with E-state index in [0.29, 0.717) is 17.0 Å². The van der Waals surface area contributed by atoms with Gasteiger partial charge in [0.25, 0.3) is 0 Å². The van der Waals surface area contributed by atoms with Gasteiger partial charge in [0.05, 0.1) is 5.52 Å². The summed E-state index contributed by atoms with van der Waals surface area (Å²) in [6.07, 6.45) is -0.538. The van der Waals surface area contributed by atoms with Crippen LogP contribution in [0.15, 0.2) is 40.9 Å². The predicted octanol–water partition coefficient (Wildman–Crippen LogP) is 3.88. The molecule has 3 aromatic rings. The second kappa shape index (κ2) is 7.74. The zero-order valence-corrected chi connectivity index (χ0v) is 15.8. The molecule has 0 bridgehead atoms. The largest absolute Gasteiger partial charge is 0.490 e. The lowest BCUT2D eigenvalue weighted by Crippen LogP contribution is -2.21. The van der Waals surface area contributed by atoms with Crippen molar-refractivity contribution in [2.75, 3.05) is 20.3 Å². The predicted molar refractivity (Wildman–Crippen MR) is 99.7 cm³/mol. The van der Waals surface area contributed by atoms with E-state index in [0.717, 1.165) is 15.4 Å². The Hall–Kier alpha value is -2.61. The minimum atomic E-state index is -0.538. The topological polar surface area (TPSA) is 65.4 Å². The molecule has 2 aromatic carbocycles. The number of nitrogens with one attached hydrogen (secondary N) is 1. The molecule has 1 aromatic heterocycles. The van der Waals surface area contributed by atoms with Gasteiger partial charge in [0.1, 0.15) is 30.5 Å². The molecule has 0 radical (unpaired) electrons. The van der Waals surface area contributed by atoms with E-state index in [-0.39, 0.29) is 13.2 Å². The monoisotopic (exact) mass is 421 g/mol. The van der Waals surface area contributed by atoms with Crippen LogP contribution in [0.3, 0.4) is 0 Å². The molecule has 6 nitrogen and oxygen atoms in total. The Morgan fingerprint density at radius 3 is 2.81 bits per heavy atom. The molecule has 0 unspecified atom stereocenters. The first-order valence-corrected chi connectivity index (χ1v) is 8.68. The highest BCUT2D eigenvalue weighted by atomic mass is 79.9. The molecule has 0 saturated heterocycles. The molecule has 3 rings (SSSR count). The number of halogens is 2. The lowest BCUT2D eigenvalue weighted by molar-refractivity contribution is 0.127. The van der Waals surface area contributed by atoms with E-state index in [2.05, 4.69) is 26.3 Å². The number of amides is 1. The lowest BCUT2D eigenvalue weighted by Gasteiger charge is -2.08. The van der Waals surface area contributed by atoms with Gasteiger partial charge < -0.3 is 14.8 Å². The van der Waals surface area contributed by atoms with E-state index >= 15 is 0 Å². The summed E-state index contributed by atoms with van der Waals surface area (Å²) in [5.74, 6) is -0.0765. The van der Waals surface area contributed by atoms with Crippen LogP contribution in [0.25, 0.3) is 22.2 Å². The Labute approximate surface area is 158 Å². The lowest BCUT2D eigenvalue weighted by atomic mass is 10.1. The van der Waals surface area contributed by atoms with Crippen molar-refractivity contribution in [1.29, 1.82) is 0 Å². The smallest absolute Gasteiger partial charge is 0.406 e. The maximum atomic E-state index is 14.6. The third kappa shape index (κ3) is 3.80. The van der Waals surface area contributed by atoms with Gasteiger partial charge >= 0.3 is 6.09 Å². The van der Waals surface area contributed by atoms with Gasteiger partial charge in [-0.2, -0.15) is 5.10 Å². The second-order valence-electron chi connectivity index (χ2n) is 5.51. The van der Waals surface area contributed by atoms with Crippen molar-refractivity contribution in [2.24, 2.45) is 7.05 Å². The number of rotatable bonds is 5. The van der Waals surface area contributed by atoms with Crippen LogP contribution in [-0.4, -0.2) is 36.1 Å². The van der Waals surface area contributed by atoms with Crippen molar-refractivity contribution >= 4 is 32.9 Å². The summed E-state index contributed by atoms with van der Waals surface area (Å²) >= 11 is 3.43. The fourth-order valence-corrected chi connectivity index (χ4v) is 2.92. The van der Waals surface area contributed by atoms with Crippen LogP contribution in [0.2, 0.25) is 0 Å². The summed E-state index contributed by atoms with van der Waals surface area (Å²) in [6, 6.07) is 10.3. The standard InChI is InChI=1S/C18H17BrFN3O3/c1-21-18(24)26-8-7-25-12-4-6-13(15(20)10-12)17-14-5-3-11(19)9-16(14)23(2)22-17/h3-6,9-10H,7-8H2,1-2H3,(H,21,24). The molecular formula is C18H17BrFN3O3. The van der Waals surface area contributed by atoms with E-state index in [9.17, 15) is 9.18 Å². The summed E-state index contributed by atoms with van der Waals surface area (Å²) in [4.78, 5) is 10.9. The number of hydrogen-bond acceptors (Lipinski definition) is 4. The van der Waals surface area contributed by atoms with E-state index in [1.54, 1.807) is 16.8 Å². The molecule has 0 fully saturated rings. The van der Waals surface area contributed by atoms with Crippen LogP contribution in [0, 0.1) is 5.82 Å². The summed E-state index contributed by atoms with van der Waals surface area (Å²) in [6.45, 7) is 0.204. The fraction of sp³-hybridized carbons (Fsp3) is 0.222. The van der Waals surface area contributed by atoms with Crippen LogP contribution in [0.4, 0.5) is 9.18 Å². The molecule has 1 heterocycles. The first-order chi connectivity index (χ1) is 12.5. The minimum absolute atomic E-state index is 0.0722. The molecule has 0 atom stereocenters. The SMILES string of the molecule is CNC(=O)OCCOc1ccc(-c2nn(C)c3cc(Br)ccc23)c(F)c1. The van der Waals surface area contributed by atoms with Crippen molar-refractivity contribution in [3.8, 4) is 17.0 Å². The van der Waals surface area contributed by atoms with E-state index in [4.69, 9.17) is 9.47 Å². The number of aromatic nitrogens is 2. The number of nitrogens with zero attached hydrogens (tertiary/aromatic N) is 2. The normalized spacial score (nSPS) is 10.8. The first-order valence-electron chi connectivity index (χ1n) is 7.89. The van der Waals surface area contributed by atoms with Gasteiger partial charge in [0.2, 0.25) is 0 Å². The van der Waals surface area contributed by atoms with Gasteiger partial charge in [-0.05, 0) is 30.3 Å².